The molecule has 2 rings (SSSR count). The van der Waals surface area contributed by atoms with Crippen LogP contribution >= 0.6 is 11.6 Å². The minimum atomic E-state index is 0.177. The third-order valence-corrected chi connectivity index (χ3v) is 3.23. The van der Waals surface area contributed by atoms with E-state index < -0.39 is 0 Å². The summed E-state index contributed by atoms with van der Waals surface area (Å²) in [4.78, 5) is 0. The van der Waals surface area contributed by atoms with Crippen molar-refractivity contribution in [3.63, 3.8) is 0 Å². The third kappa shape index (κ3) is 1.78. The van der Waals surface area contributed by atoms with Crippen molar-refractivity contribution in [2.24, 2.45) is 5.92 Å². The first kappa shape index (κ1) is 9.97. The molecule has 0 aromatic heterocycles. The number of hydrogen-bond acceptors (Lipinski definition) is 2. The van der Waals surface area contributed by atoms with Gasteiger partial charge in [0.25, 0.3) is 0 Å². The molecule has 0 radical (unpaired) electrons. The zero-order valence-corrected chi connectivity index (χ0v) is 8.67. The van der Waals surface area contributed by atoms with E-state index in [1.165, 1.54) is 0 Å². The van der Waals surface area contributed by atoms with Crippen molar-refractivity contribution in [1.29, 1.82) is 0 Å². The van der Waals surface area contributed by atoms with Gasteiger partial charge in [-0.25, -0.2) is 0 Å². The second-order valence-corrected chi connectivity index (χ2v) is 4.14. The highest BCUT2D eigenvalue weighted by atomic mass is 35.5. The van der Waals surface area contributed by atoms with Gasteiger partial charge in [0.1, 0.15) is 0 Å². The summed E-state index contributed by atoms with van der Waals surface area (Å²) in [7, 11) is 0. The van der Waals surface area contributed by atoms with E-state index in [4.69, 9.17) is 11.6 Å². The second kappa shape index (κ2) is 4.30. The monoisotopic (exact) mass is 211 g/mol. The lowest BCUT2D eigenvalue weighted by molar-refractivity contribution is 0.188. The lowest BCUT2D eigenvalue weighted by Crippen LogP contribution is -2.46. The number of hydrogen-bond donors (Lipinski definition) is 2. The molecule has 1 aromatic rings. The average molecular weight is 212 g/mol. The first-order chi connectivity index (χ1) is 6.83. The molecule has 1 atom stereocenters. The molecule has 0 bridgehead atoms. The predicted molar refractivity (Wildman–Crippen MR) is 57.6 cm³/mol. The molecule has 2 N–H and O–H groups in total. The Morgan fingerprint density at radius 1 is 1.43 bits per heavy atom. The van der Waals surface area contributed by atoms with Gasteiger partial charge >= 0.3 is 0 Å². The molecule has 0 saturated carbocycles. The minimum Gasteiger partial charge on any atom is -0.396 e. The van der Waals surface area contributed by atoms with E-state index in [-0.39, 0.29) is 12.5 Å². The zero-order valence-electron chi connectivity index (χ0n) is 7.91. The van der Waals surface area contributed by atoms with Crippen LogP contribution < -0.4 is 5.32 Å². The van der Waals surface area contributed by atoms with Gasteiger partial charge in [0.2, 0.25) is 0 Å². The molecule has 3 heteroatoms. The fourth-order valence-electron chi connectivity index (χ4n) is 1.87. The van der Waals surface area contributed by atoms with Crippen LogP contribution in [0.5, 0.6) is 0 Å². The van der Waals surface area contributed by atoms with Crippen LogP contribution in [0.1, 0.15) is 11.5 Å². The molecule has 14 heavy (non-hydrogen) atoms. The maximum Gasteiger partial charge on any atom is 0.0503 e. The summed E-state index contributed by atoms with van der Waals surface area (Å²) < 4.78 is 0. The van der Waals surface area contributed by atoms with Gasteiger partial charge in [0.05, 0.1) is 6.61 Å². The molecule has 1 aromatic carbocycles. The van der Waals surface area contributed by atoms with Gasteiger partial charge in [-0.3, -0.25) is 0 Å². The van der Waals surface area contributed by atoms with Crippen LogP contribution in [-0.2, 0) is 0 Å². The Morgan fingerprint density at radius 2 is 2.14 bits per heavy atom. The molecule has 1 fully saturated rings. The minimum absolute atomic E-state index is 0.177. The Balaban J connectivity index is 2.22. The fourth-order valence-corrected chi connectivity index (χ4v) is 2.15. The summed E-state index contributed by atoms with van der Waals surface area (Å²) in [5, 5.41) is 13.3. The van der Waals surface area contributed by atoms with Crippen LogP contribution in [0.25, 0.3) is 0 Å². The van der Waals surface area contributed by atoms with E-state index in [1.807, 2.05) is 24.3 Å². The smallest absolute Gasteiger partial charge is 0.0503 e. The normalized spacial score (nSPS) is 19.0. The molecule has 0 amide bonds. The van der Waals surface area contributed by atoms with Crippen molar-refractivity contribution in [2.75, 3.05) is 19.7 Å². The molecule has 1 unspecified atom stereocenters. The number of nitrogens with one attached hydrogen (secondary N) is 1. The molecule has 1 aliphatic heterocycles. The van der Waals surface area contributed by atoms with E-state index in [0.717, 1.165) is 23.7 Å². The average Bonchev–Trinajstić information content (AvgIpc) is 2.12. The highest BCUT2D eigenvalue weighted by Gasteiger charge is 2.28. The quantitative estimate of drug-likeness (QED) is 0.797. The summed E-state index contributed by atoms with van der Waals surface area (Å²) in [6, 6.07) is 7.77. The van der Waals surface area contributed by atoms with Crippen LogP contribution in [0.2, 0.25) is 5.02 Å². The number of rotatable bonds is 3. The Hall–Kier alpha value is -0.570. The SMILES string of the molecule is OCC(c1ccccc1Cl)C1CNC1. The van der Waals surface area contributed by atoms with Gasteiger partial charge < -0.3 is 10.4 Å². The standard InChI is InChI=1S/C11H14ClNO/c12-11-4-2-1-3-9(11)10(7-14)8-5-13-6-8/h1-4,8,10,13-14H,5-7H2. The van der Waals surface area contributed by atoms with Crippen molar-refractivity contribution < 1.29 is 5.11 Å². The van der Waals surface area contributed by atoms with Gasteiger partial charge in [-0.05, 0) is 30.6 Å². The molecule has 2 nitrogen and oxygen atoms in total. The first-order valence-corrected chi connectivity index (χ1v) is 5.26. The predicted octanol–water partition coefficient (Wildman–Crippen LogP) is 1.64. The molecular weight excluding hydrogens is 198 g/mol. The van der Waals surface area contributed by atoms with Crippen LogP contribution in [0.15, 0.2) is 24.3 Å². The molecule has 0 aliphatic carbocycles. The Bertz CT molecular complexity index is 312. The molecule has 76 valence electrons. The summed E-state index contributed by atoms with van der Waals surface area (Å²) in [6.07, 6.45) is 0. The molecule has 0 spiro atoms. The molecule has 1 saturated heterocycles. The summed E-state index contributed by atoms with van der Waals surface area (Å²) in [5.41, 5.74) is 1.07. The Labute approximate surface area is 88.9 Å². The van der Waals surface area contributed by atoms with Crippen molar-refractivity contribution in [1.82, 2.24) is 5.32 Å². The lowest BCUT2D eigenvalue weighted by Gasteiger charge is -2.34. The van der Waals surface area contributed by atoms with Crippen molar-refractivity contribution in [2.45, 2.75) is 5.92 Å². The van der Waals surface area contributed by atoms with E-state index in [9.17, 15) is 5.11 Å². The number of halogens is 1. The number of aliphatic hydroxyl groups is 1. The molecular formula is C11H14ClNO. The van der Waals surface area contributed by atoms with Crippen molar-refractivity contribution in [3.8, 4) is 0 Å². The van der Waals surface area contributed by atoms with Gasteiger partial charge in [-0.1, -0.05) is 29.8 Å². The first-order valence-electron chi connectivity index (χ1n) is 4.89. The summed E-state index contributed by atoms with van der Waals surface area (Å²) in [6.45, 7) is 2.14. The van der Waals surface area contributed by atoms with Gasteiger partial charge in [0.15, 0.2) is 0 Å². The third-order valence-electron chi connectivity index (χ3n) is 2.88. The van der Waals surface area contributed by atoms with E-state index in [0.29, 0.717) is 5.92 Å². The van der Waals surface area contributed by atoms with Gasteiger partial charge in [-0.15, -0.1) is 0 Å². The molecule has 1 aliphatic rings. The lowest BCUT2D eigenvalue weighted by atomic mass is 9.83. The maximum absolute atomic E-state index is 9.35. The maximum atomic E-state index is 9.35. The van der Waals surface area contributed by atoms with E-state index in [1.54, 1.807) is 0 Å². The highest BCUT2D eigenvalue weighted by molar-refractivity contribution is 6.31. The Kier molecular flexibility index (Phi) is 3.06. The number of benzene rings is 1. The largest absolute Gasteiger partial charge is 0.396 e. The van der Waals surface area contributed by atoms with Crippen LogP contribution in [0.3, 0.4) is 0 Å². The van der Waals surface area contributed by atoms with Crippen LogP contribution in [0.4, 0.5) is 0 Å². The zero-order chi connectivity index (χ0) is 9.97. The molecule has 1 heterocycles. The Morgan fingerprint density at radius 3 is 2.64 bits per heavy atom. The summed E-state index contributed by atoms with van der Waals surface area (Å²) >= 11 is 6.09. The van der Waals surface area contributed by atoms with Crippen molar-refractivity contribution >= 4 is 11.6 Å². The van der Waals surface area contributed by atoms with E-state index >= 15 is 0 Å². The van der Waals surface area contributed by atoms with Gasteiger partial charge in [-0.2, -0.15) is 0 Å². The van der Waals surface area contributed by atoms with Gasteiger partial charge in [0, 0.05) is 10.9 Å². The van der Waals surface area contributed by atoms with Crippen molar-refractivity contribution in [3.05, 3.63) is 34.9 Å². The second-order valence-electron chi connectivity index (χ2n) is 3.73. The topological polar surface area (TPSA) is 32.3 Å². The number of aliphatic hydroxyl groups excluding tert-OH is 1. The van der Waals surface area contributed by atoms with Crippen LogP contribution in [-0.4, -0.2) is 24.8 Å². The summed E-state index contributed by atoms with van der Waals surface area (Å²) in [5.74, 6) is 0.713. The van der Waals surface area contributed by atoms with E-state index in [2.05, 4.69) is 5.32 Å². The highest BCUT2D eigenvalue weighted by Crippen LogP contribution is 2.31. The van der Waals surface area contributed by atoms with Crippen LogP contribution in [0, 0.1) is 5.92 Å². The fraction of sp³-hybridized carbons (Fsp3) is 0.455.